The fraction of sp³-hybridized carbons (Fsp3) is 0.188. The van der Waals surface area contributed by atoms with E-state index in [-0.39, 0.29) is 5.91 Å². The summed E-state index contributed by atoms with van der Waals surface area (Å²) in [6.45, 7) is 1.97. The van der Waals surface area contributed by atoms with Gasteiger partial charge in [-0.3, -0.25) is 4.79 Å². The van der Waals surface area contributed by atoms with Crippen molar-refractivity contribution in [2.45, 2.75) is 19.6 Å². The third-order valence-corrected chi connectivity index (χ3v) is 3.77. The molecule has 0 aliphatic rings. The van der Waals surface area contributed by atoms with Gasteiger partial charge in [0.1, 0.15) is 5.75 Å². The summed E-state index contributed by atoms with van der Waals surface area (Å²) in [6, 6.07) is 12.0. The Bertz CT molecular complexity index is 676. The van der Waals surface area contributed by atoms with Crippen LogP contribution in [0.5, 0.6) is 5.75 Å². The van der Waals surface area contributed by atoms with Crippen LogP contribution in [0.25, 0.3) is 0 Å². The van der Waals surface area contributed by atoms with Gasteiger partial charge in [-0.05, 0) is 42.8 Å². The van der Waals surface area contributed by atoms with Crippen LogP contribution >= 0.6 is 34.8 Å². The summed E-state index contributed by atoms with van der Waals surface area (Å²) in [5.74, 6) is 0.297. The molecule has 1 N–H and O–H groups in total. The molecule has 0 fully saturated rings. The number of rotatable bonds is 5. The van der Waals surface area contributed by atoms with Crippen LogP contribution in [0.15, 0.2) is 42.5 Å². The minimum absolute atomic E-state index is 0.244. The summed E-state index contributed by atoms with van der Waals surface area (Å²) in [5, 5.41) is 4.39. The lowest BCUT2D eigenvalue weighted by Crippen LogP contribution is -2.35. The molecule has 0 aromatic heterocycles. The number of nitrogens with one attached hydrogen (secondary N) is 1. The summed E-state index contributed by atoms with van der Waals surface area (Å²) in [4.78, 5) is 12.0. The summed E-state index contributed by atoms with van der Waals surface area (Å²) in [5.41, 5.74) is 0.786. The van der Waals surface area contributed by atoms with Gasteiger partial charge in [0.05, 0.1) is 0 Å². The molecule has 1 amide bonds. The molecule has 3 nitrogen and oxygen atoms in total. The van der Waals surface area contributed by atoms with Crippen molar-refractivity contribution in [2.75, 3.05) is 0 Å². The summed E-state index contributed by atoms with van der Waals surface area (Å²) in [6.07, 6.45) is -0.649. The SMILES string of the molecule is CC(Oc1cccc(Cl)c1)C(=O)NCc1ccc(Cl)cc1Cl. The Balaban J connectivity index is 1.91. The molecule has 2 aromatic carbocycles. The van der Waals surface area contributed by atoms with Crippen LogP contribution in [0.3, 0.4) is 0 Å². The first-order valence-electron chi connectivity index (χ1n) is 6.59. The molecular weight excluding hydrogens is 345 g/mol. The van der Waals surface area contributed by atoms with Crippen molar-refractivity contribution in [2.24, 2.45) is 0 Å². The molecule has 6 heteroatoms. The van der Waals surface area contributed by atoms with E-state index >= 15 is 0 Å². The lowest BCUT2D eigenvalue weighted by Gasteiger charge is -2.15. The minimum atomic E-state index is -0.649. The highest BCUT2D eigenvalue weighted by atomic mass is 35.5. The van der Waals surface area contributed by atoms with E-state index in [2.05, 4.69) is 5.32 Å². The first kappa shape index (κ1) is 16.9. The summed E-state index contributed by atoms with van der Waals surface area (Å²) in [7, 11) is 0. The van der Waals surface area contributed by atoms with Gasteiger partial charge >= 0.3 is 0 Å². The highest BCUT2D eigenvalue weighted by Gasteiger charge is 2.15. The van der Waals surface area contributed by atoms with E-state index in [0.29, 0.717) is 27.4 Å². The van der Waals surface area contributed by atoms with Gasteiger partial charge in [-0.2, -0.15) is 0 Å². The predicted molar refractivity (Wildman–Crippen MR) is 89.9 cm³/mol. The van der Waals surface area contributed by atoms with Gasteiger partial charge in [0.2, 0.25) is 0 Å². The number of carbonyl (C=O) groups excluding carboxylic acids is 1. The van der Waals surface area contributed by atoms with E-state index in [1.807, 2.05) is 0 Å². The van der Waals surface area contributed by atoms with Gasteiger partial charge in [-0.25, -0.2) is 0 Å². The van der Waals surface area contributed by atoms with Crippen molar-refractivity contribution in [3.8, 4) is 5.75 Å². The van der Waals surface area contributed by atoms with Gasteiger partial charge in [0.15, 0.2) is 6.10 Å². The topological polar surface area (TPSA) is 38.3 Å². The van der Waals surface area contributed by atoms with E-state index in [1.165, 1.54) is 0 Å². The van der Waals surface area contributed by atoms with Gasteiger partial charge in [0.25, 0.3) is 5.91 Å². The fourth-order valence-corrected chi connectivity index (χ4v) is 2.44. The number of hydrogen-bond donors (Lipinski definition) is 1. The first-order chi connectivity index (χ1) is 10.5. The molecule has 2 rings (SSSR count). The average Bonchev–Trinajstić information content (AvgIpc) is 2.46. The van der Waals surface area contributed by atoms with Crippen molar-refractivity contribution >= 4 is 40.7 Å². The summed E-state index contributed by atoms with van der Waals surface area (Å²) >= 11 is 17.8. The quantitative estimate of drug-likeness (QED) is 0.839. The lowest BCUT2D eigenvalue weighted by molar-refractivity contribution is -0.127. The Hall–Kier alpha value is -1.42. The van der Waals surface area contributed by atoms with Crippen molar-refractivity contribution in [3.05, 3.63) is 63.1 Å². The monoisotopic (exact) mass is 357 g/mol. The van der Waals surface area contributed by atoms with Crippen molar-refractivity contribution in [3.63, 3.8) is 0 Å². The molecule has 0 aliphatic carbocycles. The van der Waals surface area contributed by atoms with Crippen LogP contribution in [-0.2, 0) is 11.3 Å². The molecule has 0 radical (unpaired) electrons. The standard InChI is InChI=1S/C16H14Cl3NO2/c1-10(22-14-4-2-3-12(17)7-14)16(21)20-9-11-5-6-13(18)8-15(11)19/h2-8,10H,9H2,1H3,(H,20,21). The third-order valence-electron chi connectivity index (χ3n) is 2.95. The molecule has 0 bridgehead atoms. The molecule has 0 saturated heterocycles. The largest absolute Gasteiger partial charge is 0.481 e. The van der Waals surface area contributed by atoms with Crippen LogP contribution in [0, 0.1) is 0 Å². The second kappa shape index (κ2) is 7.73. The van der Waals surface area contributed by atoms with Gasteiger partial charge in [-0.15, -0.1) is 0 Å². The maximum absolute atomic E-state index is 12.0. The molecule has 22 heavy (non-hydrogen) atoms. The second-order valence-electron chi connectivity index (χ2n) is 4.67. The molecule has 2 aromatic rings. The molecule has 0 spiro atoms. The zero-order chi connectivity index (χ0) is 16.1. The number of halogens is 3. The Morgan fingerprint density at radius 1 is 1.14 bits per heavy atom. The smallest absolute Gasteiger partial charge is 0.261 e. The van der Waals surface area contributed by atoms with Crippen LogP contribution < -0.4 is 10.1 Å². The molecule has 0 aliphatic heterocycles. The van der Waals surface area contributed by atoms with Gasteiger partial charge in [-0.1, -0.05) is 46.9 Å². The normalized spacial score (nSPS) is 11.8. The van der Waals surface area contributed by atoms with Crippen LogP contribution in [-0.4, -0.2) is 12.0 Å². The fourth-order valence-electron chi connectivity index (χ4n) is 1.79. The molecule has 0 saturated carbocycles. The molecular formula is C16H14Cl3NO2. The maximum Gasteiger partial charge on any atom is 0.261 e. The van der Waals surface area contributed by atoms with E-state index in [9.17, 15) is 4.79 Å². The van der Waals surface area contributed by atoms with E-state index < -0.39 is 6.10 Å². The summed E-state index contributed by atoms with van der Waals surface area (Å²) < 4.78 is 5.54. The van der Waals surface area contributed by atoms with Gasteiger partial charge in [0, 0.05) is 21.6 Å². The van der Waals surface area contributed by atoms with E-state index in [4.69, 9.17) is 39.5 Å². The number of amides is 1. The van der Waals surface area contributed by atoms with E-state index in [1.54, 1.807) is 49.4 Å². The van der Waals surface area contributed by atoms with Crippen LogP contribution in [0.1, 0.15) is 12.5 Å². The predicted octanol–water partition coefficient (Wildman–Crippen LogP) is 4.73. The van der Waals surface area contributed by atoms with Crippen LogP contribution in [0.4, 0.5) is 0 Å². The lowest BCUT2D eigenvalue weighted by atomic mass is 10.2. The maximum atomic E-state index is 12.0. The Morgan fingerprint density at radius 3 is 2.55 bits per heavy atom. The van der Waals surface area contributed by atoms with E-state index in [0.717, 1.165) is 5.56 Å². The van der Waals surface area contributed by atoms with Crippen molar-refractivity contribution < 1.29 is 9.53 Å². The number of ether oxygens (including phenoxy) is 1. The number of benzene rings is 2. The molecule has 116 valence electrons. The van der Waals surface area contributed by atoms with Crippen LogP contribution in [0.2, 0.25) is 15.1 Å². The highest BCUT2D eigenvalue weighted by molar-refractivity contribution is 6.35. The number of hydrogen-bond acceptors (Lipinski definition) is 2. The number of carbonyl (C=O) groups is 1. The van der Waals surface area contributed by atoms with Crippen molar-refractivity contribution in [1.82, 2.24) is 5.32 Å². The third kappa shape index (κ3) is 4.80. The van der Waals surface area contributed by atoms with Gasteiger partial charge < -0.3 is 10.1 Å². The Labute approximate surface area is 144 Å². The molecule has 1 unspecified atom stereocenters. The zero-order valence-corrected chi connectivity index (χ0v) is 14.0. The minimum Gasteiger partial charge on any atom is -0.481 e. The molecule has 1 atom stereocenters. The highest BCUT2D eigenvalue weighted by Crippen LogP contribution is 2.21. The van der Waals surface area contributed by atoms with Crippen molar-refractivity contribution in [1.29, 1.82) is 0 Å². The average molecular weight is 359 g/mol. The first-order valence-corrected chi connectivity index (χ1v) is 7.73. The molecule has 0 heterocycles. The Kier molecular flexibility index (Phi) is 5.95. The second-order valence-corrected chi connectivity index (χ2v) is 5.95. The Morgan fingerprint density at radius 2 is 1.86 bits per heavy atom. The zero-order valence-electron chi connectivity index (χ0n) is 11.8.